The Morgan fingerprint density at radius 1 is 0.750 bits per heavy atom. The van der Waals surface area contributed by atoms with Crippen LogP contribution in [-0.2, 0) is 38.8 Å². The van der Waals surface area contributed by atoms with Gasteiger partial charge >= 0.3 is 12.3 Å². The molecule has 0 N–H and O–H groups in total. The van der Waals surface area contributed by atoms with Crippen LogP contribution >= 0.6 is 0 Å². The second-order valence-corrected chi connectivity index (χ2v) is 5.92. The first-order valence-corrected chi connectivity index (χ1v) is 7.23. The van der Waals surface area contributed by atoms with E-state index in [2.05, 4.69) is 29.3 Å². The summed E-state index contributed by atoms with van der Waals surface area (Å²) in [5.74, 6) is 0. The Hall–Kier alpha value is -1.62. The van der Waals surface area contributed by atoms with Crippen molar-refractivity contribution in [3.05, 3.63) is 0 Å². The molecule has 10 heteroatoms. The van der Waals surface area contributed by atoms with Gasteiger partial charge in [-0.15, -0.1) is 0 Å². The van der Waals surface area contributed by atoms with Crippen molar-refractivity contribution in [1.29, 1.82) is 0 Å². The van der Waals surface area contributed by atoms with Gasteiger partial charge in [-0.05, 0) is 27.7 Å². The van der Waals surface area contributed by atoms with E-state index in [1.165, 1.54) is 0 Å². The number of rotatable bonds is 11. The largest absolute Gasteiger partial charge is 0.575 e. The van der Waals surface area contributed by atoms with Gasteiger partial charge in [0.1, 0.15) is 0 Å². The van der Waals surface area contributed by atoms with Crippen molar-refractivity contribution in [2.24, 2.45) is 0 Å². The van der Waals surface area contributed by atoms with Gasteiger partial charge in [0.2, 0.25) is 0 Å². The van der Waals surface area contributed by atoms with E-state index in [1.54, 1.807) is 14.2 Å². The Morgan fingerprint density at radius 3 is 1.79 bits per heavy atom. The highest BCUT2D eigenvalue weighted by Crippen LogP contribution is 2.13. The number of methoxy groups -OCH3 is 2. The highest BCUT2D eigenvalue weighted by Gasteiger charge is 2.19. The molecule has 0 aliphatic heterocycles. The van der Waals surface area contributed by atoms with Crippen LogP contribution in [0.5, 0.6) is 0 Å². The van der Waals surface area contributed by atoms with Crippen LogP contribution < -0.4 is 0 Å². The highest BCUT2D eigenvalue weighted by molar-refractivity contribution is 5.59. The summed E-state index contributed by atoms with van der Waals surface area (Å²) in [5.41, 5.74) is -0.871. The lowest BCUT2D eigenvalue weighted by Crippen LogP contribution is -2.25. The van der Waals surface area contributed by atoms with E-state index in [4.69, 9.17) is 9.47 Å². The van der Waals surface area contributed by atoms with Crippen LogP contribution in [0, 0.1) is 0 Å². The van der Waals surface area contributed by atoms with Crippen molar-refractivity contribution in [1.82, 2.24) is 0 Å². The fraction of sp³-hybridized carbons (Fsp3) is 0.857. The molecule has 0 radical (unpaired) electrons. The third-order valence-corrected chi connectivity index (χ3v) is 3.15. The fourth-order valence-electron chi connectivity index (χ4n) is 1.07. The van der Waals surface area contributed by atoms with Gasteiger partial charge < -0.3 is 14.2 Å². The molecule has 0 unspecified atom stereocenters. The Bertz CT molecular complexity index is 380. The van der Waals surface area contributed by atoms with Crippen molar-refractivity contribution in [3.8, 4) is 0 Å². The van der Waals surface area contributed by atoms with Crippen LogP contribution in [-0.4, -0.2) is 50.9 Å². The van der Waals surface area contributed by atoms with Crippen molar-refractivity contribution in [2.45, 2.75) is 51.7 Å². The minimum Gasteiger partial charge on any atom is -0.432 e. The summed E-state index contributed by atoms with van der Waals surface area (Å²) in [7, 11) is 3.09. The zero-order valence-corrected chi connectivity index (χ0v) is 14.9. The van der Waals surface area contributed by atoms with Gasteiger partial charge in [-0.1, -0.05) is 0 Å². The molecule has 142 valence electrons. The molecule has 0 fully saturated rings. The standard InChI is InChI=1S/C14H26O10/c1-13(2,17-5)7-9-19-11(15)22-24-23-12(16)21-20-10-8-14(3,4)18-6/h7-10H2,1-6H3. The molecule has 0 aromatic heterocycles. The van der Waals surface area contributed by atoms with Crippen molar-refractivity contribution >= 4 is 12.3 Å². The maximum Gasteiger partial charge on any atom is 0.575 e. The van der Waals surface area contributed by atoms with Gasteiger partial charge in [-0.25, -0.2) is 14.6 Å². The number of hydrogen-bond acceptors (Lipinski definition) is 10. The second kappa shape index (κ2) is 11.0. The Balaban J connectivity index is 3.65. The van der Waals surface area contributed by atoms with Gasteiger partial charge in [0.05, 0.1) is 29.5 Å². The molecule has 0 aliphatic rings. The van der Waals surface area contributed by atoms with Gasteiger partial charge in [-0.2, -0.15) is 9.68 Å². The fourth-order valence-corrected chi connectivity index (χ4v) is 1.07. The zero-order valence-electron chi connectivity index (χ0n) is 14.9. The summed E-state index contributed by atoms with van der Waals surface area (Å²) in [6.07, 6.45) is -1.62. The number of carbonyl (C=O) groups is 2. The van der Waals surface area contributed by atoms with Crippen LogP contribution in [0.2, 0.25) is 0 Å². The van der Waals surface area contributed by atoms with Crippen molar-refractivity contribution < 1.29 is 48.4 Å². The summed E-state index contributed by atoms with van der Waals surface area (Å²) in [4.78, 5) is 39.0. The smallest absolute Gasteiger partial charge is 0.432 e. The number of hydrogen-bond donors (Lipinski definition) is 0. The maximum atomic E-state index is 11.1. The third kappa shape index (κ3) is 11.9. The van der Waals surface area contributed by atoms with E-state index >= 15 is 0 Å². The Labute approximate surface area is 141 Å². The van der Waals surface area contributed by atoms with Gasteiger partial charge in [0.25, 0.3) is 0 Å². The summed E-state index contributed by atoms with van der Waals surface area (Å²) < 4.78 is 14.9. The highest BCUT2D eigenvalue weighted by atomic mass is 17.5. The minimum absolute atomic E-state index is 0.0336. The molecule has 10 nitrogen and oxygen atoms in total. The van der Waals surface area contributed by atoms with Crippen LogP contribution in [0.15, 0.2) is 0 Å². The third-order valence-electron chi connectivity index (χ3n) is 3.15. The molecular formula is C14H26O10. The molecule has 0 heterocycles. The van der Waals surface area contributed by atoms with E-state index in [1.807, 2.05) is 27.7 Å². The quantitative estimate of drug-likeness (QED) is 0.238. The lowest BCUT2D eigenvalue weighted by Gasteiger charge is -2.21. The summed E-state index contributed by atoms with van der Waals surface area (Å²) in [6, 6.07) is 0. The molecular weight excluding hydrogens is 328 g/mol. The Kier molecular flexibility index (Phi) is 10.3. The SMILES string of the molecule is COC(C)(C)CCOOC(=O)OOOC(=O)OCCC(C)(C)OC. The molecule has 0 aliphatic carbocycles. The van der Waals surface area contributed by atoms with E-state index in [0.29, 0.717) is 12.8 Å². The molecule has 0 spiro atoms. The van der Waals surface area contributed by atoms with Gasteiger partial charge in [0.15, 0.2) is 0 Å². The van der Waals surface area contributed by atoms with E-state index in [9.17, 15) is 9.59 Å². The van der Waals surface area contributed by atoms with Crippen LogP contribution in [0.25, 0.3) is 0 Å². The molecule has 0 aromatic rings. The zero-order chi connectivity index (χ0) is 18.6. The average molecular weight is 354 g/mol. The average Bonchev–Trinajstić information content (AvgIpc) is 2.51. The lowest BCUT2D eigenvalue weighted by atomic mass is 10.1. The first-order valence-electron chi connectivity index (χ1n) is 7.23. The van der Waals surface area contributed by atoms with Crippen LogP contribution in [0.4, 0.5) is 9.59 Å². The van der Waals surface area contributed by atoms with E-state index in [-0.39, 0.29) is 13.2 Å². The minimum atomic E-state index is -1.35. The lowest BCUT2D eigenvalue weighted by molar-refractivity contribution is -0.468. The predicted molar refractivity (Wildman–Crippen MR) is 78.4 cm³/mol. The molecule has 0 bridgehead atoms. The van der Waals surface area contributed by atoms with Gasteiger partial charge in [-0.3, -0.25) is 4.89 Å². The first kappa shape index (κ1) is 22.4. The number of ether oxygens (including phenoxy) is 3. The molecule has 0 aromatic carbocycles. The molecule has 0 saturated heterocycles. The topological polar surface area (TPSA) is 108 Å². The summed E-state index contributed by atoms with van der Waals surface area (Å²) in [6.45, 7) is 7.44. The molecule has 24 heavy (non-hydrogen) atoms. The Morgan fingerprint density at radius 2 is 1.25 bits per heavy atom. The molecule has 0 atom stereocenters. The van der Waals surface area contributed by atoms with Gasteiger partial charge in [0, 0.05) is 27.1 Å². The molecule has 0 saturated carbocycles. The normalized spacial score (nSPS) is 11.8. The first-order chi connectivity index (χ1) is 11.1. The monoisotopic (exact) mass is 354 g/mol. The van der Waals surface area contributed by atoms with Crippen molar-refractivity contribution in [3.63, 3.8) is 0 Å². The van der Waals surface area contributed by atoms with E-state index < -0.39 is 23.5 Å². The van der Waals surface area contributed by atoms with E-state index in [0.717, 1.165) is 0 Å². The van der Waals surface area contributed by atoms with Crippen molar-refractivity contribution in [2.75, 3.05) is 27.4 Å². The van der Waals surface area contributed by atoms with Crippen LogP contribution in [0.1, 0.15) is 40.5 Å². The number of carbonyl (C=O) groups excluding carboxylic acids is 2. The second-order valence-electron chi connectivity index (χ2n) is 5.92. The maximum absolute atomic E-state index is 11.1. The van der Waals surface area contributed by atoms with Crippen LogP contribution in [0.3, 0.4) is 0 Å². The molecule has 0 amide bonds. The summed E-state index contributed by atoms with van der Waals surface area (Å²) >= 11 is 0. The predicted octanol–water partition coefficient (Wildman–Crippen LogP) is 2.70. The summed E-state index contributed by atoms with van der Waals surface area (Å²) in [5, 5.41) is 3.90. The molecule has 0 rings (SSSR count).